The lowest BCUT2D eigenvalue weighted by atomic mass is 10.0. The number of nitrogens with zero attached hydrogens (tertiary/aromatic N) is 3. The molecular weight excluding hydrogens is 666 g/mol. The van der Waals surface area contributed by atoms with Gasteiger partial charge in [0.25, 0.3) is 15.7 Å². The molecule has 0 spiro atoms. The van der Waals surface area contributed by atoms with E-state index >= 15 is 0 Å². The second-order valence-corrected chi connectivity index (χ2v) is 14.1. The largest absolute Gasteiger partial charge is 0.513 e. The summed E-state index contributed by atoms with van der Waals surface area (Å²) in [5, 5.41) is 31.1. The normalized spacial score (nSPS) is 12.4. The van der Waals surface area contributed by atoms with Crippen LogP contribution in [0.1, 0.15) is 57.5 Å². The highest BCUT2D eigenvalue weighted by molar-refractivity contribution is 7.89. The van der Waals surface area contributed by atoms with Gasteiger partial charge >= 0.3 is 12.2 Å². The van der Waals surface area contributed by atoms with Crippen LogP contribution in [-0.2, 0) is 42.1 Å². The molecule has 0 aliphatic carbocycles. The topological polar surface area (TPSA) is 228 Å². The van der Waals surface area contributed by atoms with Crippen LogP contribution in [0.15, 0.2) is 54.6 Å². The third kappa shape index (κ3) is 11.5. The highest BCUT2D eigenvalue weighted by atomic mass is 32.2. The number of aromatic nitrogens is 2. The summed E-state index contributed by atoms with van der Waals surface area (Å²) in [6.45, 7) is 7.20. The zero-order valence-corrected chi connectivity index (χ0v) is 28.6. The fraction of sp³-hybridized carbons (Fsp3) is 0.419. The van der Waals surface area contributed by atoms with Crippen LogP contribution in [0.25, 0.3) is 0 Å². The molecule has 49 heavy (non-hydrogen) atoms. The van der Waals surface area contributed by atoms with Crippen LogP contribution in [-0.4, -0.2) is 76.4 Å². The van der Waals surface area contributed by atoms with E-state index in [-0.39, 0.29) is 42.3 Å². The molecule has 3 N–H and O–H groups in total. The number of hydrogen-bond acceptors (Lipinski definition) is 13. The Kier molecular flexibility index (Phi) is 12.3. The van der Waals surface area contributed by atoms with E-state index in [0.717, 1.165) is 24.0 Å². The molecule has 0 radical (unpaired) electrons. The van der Waals surface area contributed by atoms with Crippen LogP contribution in [0.3, 0.4) is 0 Å². The van der Waals surface area contributed by atoms with Crippen molar-refractivity contribution >= 4 is 33.9 Å². The van der Waals surface area contributed by atoms with Crippen LogP contribution in [0.2, 0.25) is 0 Å². The maximum absolute atomic E-state index is 13.5. The Morgan fingerprint density at radius 1 is 1.04 bits per heavy atom. The number of carbonyl (C=O) groups is 3. The first kappa shape index (κ1) is 38.2. The number of nitro groups is 1. The van der Waals surface area contributed by atoms with Gasteiger partial charge in [-0.1, -0.05) is 30.3 Å². The lowest BCUT2D eigenvalue weighted by Crippen LogP contribution is -2.56. The average Bonchev–Trinajstić information content (AvgIpc) is 3.32. The maximum atomic E-state index is 13.5. The Labute approximate surface area is 282 Å². The molecule has 3 aromatic rings. The number of carbonyl (C=O) groups excluding carboxylic acids is 3. The molecular formula is C31H39N5O12S. The summed E-state index contributed by atoms with van der Waals surface area (Å²) < 4.78 is 46.7. The lowest BCUT2D eigenvalue weighted by molar-refractivity contribution is -0.384. The van der Waals surface area contributed by atoms with Crippen molar-refractivity contribution in [2.45, 2.75) is 64.8 Å². The van der Waals surface area contributed by atoms with Gasteiger partial charge in [0.15, 0.2) is 0 Å². The molecule has 0 saturated heterocycles. The van der Waals surface area contributed by atoms with Crippen molar-refractivity contribution in [2.24, 2.45) is 0 Å². The first-order chi connectivity index (χ1) is 22.8. The fourth-order valence-corrected chi connectivity index (χ4v) is 4.86. The van der Waals surface area contributed by atoms with Gasteiger partial charge in [0.2, 0.25) is 11.8 Å². The van der Waals surface area contributed by atoms with Crippen LogP contribution in [0, 0.1) is 10.1 Å². The summed E-state index contributed by atoms with van der Waals surface area (Å²) in [5.74, 6) is -1.56. The molecule has 0 unspecified atom stereocenters. The standard InChI is InChI=1S/C31H39N5O12S/c1-30(2,3)48-28(39)33-31(4,5)27(38)32-24(19-45-18-20-10-8-7-9-11-20)25-23(26(37)35(34-25)49(6,43)44)16-17-46-29(40)47-22-14-12-21(13-15-22)36(41)42/h7-15,24,37H,16-19H2,1-6H3,(H,32,38)(H,33,39)/t24-/m1/s1. The number of nitro benzene ring substituents is 1. The predicted molar refractivity (Wildman–Crippen MR) is 173 cm³/mol. The predicted octanol–water partition coefficient (Wildman–Crippen LogP) is 3.74. The number of non-ortho nitro benzene ring substituents is 1. The van der Waals surface area contributed by atoms with Gasteiger partial charge in [0, 0.05) is 24.1 Å². The Morgan fingerprint density at radius 2 is 1.67 bits per heavy atom. The molecule has 0 fully saturated rings. The van der Waals surface area contributed by atoms with Crippen molar-refractivity contribution < 1.29 is 51.8 Å². The van der Waals surface area contributed by atoms with E-state index in [4.69, 9.17) is 18.9 Å². The minimum atomic E-state index is -4.17. The molecule has 1 heterocycles. The number of aromatic hydroxyl groups is 1. The number of rotatable bonds is 14. The minimum Gasteiger partial charge on any atom is -0.493 e. The lowest BCUT2D eigenvalue weighted by Gasteiger charge is -2.29. The zero-order chi connectivity index (χ0) is 36.6. The summed E-state index contributed by atoms with van der Waals surface area (Å²) in [7, 11) is -4.17. The SMILES string of the molecule is CC(C)(C)OC(=O)NC(C)(C)C(=O)N[C@H](COCc1ccccc1)c1nn(S(C)(=O)=O)c(O)c1CCOC(=O)Oc1ccc([N+](=O)[O-])cc1. The minimum absolute atomic E-state index is 0.0371. The van der Waals surface area contributed by atoms with Crippen molar-refractivity contribution in [3.8, 4) is 11.6 Å². The third-order valence-electron chi connectivity index (χ3n) is 6.51. The summed E-state index contributed by atoms with van der Waals surface area (Å²) in [4.78, 5) is 48.6. The van der Waals surface area contributed by atoms with E-state index in [2.05, 4.69) is 15.7 Å². The van der Waals surface area contributed by atoms with Crippen molar-refractivity contribution in [2.75, 3.05) is 19.5 Å². The van der Waals surface area contributed by atoms with Gasteiger partial charge in [-0.15, -0.1) is 4.09 Å². The van der Waals surface area contributed by atoms with Crippen LogP contribution in [0.4, 0.5) is 15.3 Å². The van der Waals surface area contributed by atoms with Gasteiger partial charge in [-0.2, -0.15) is 5.10 Å². The van der Waals surface area contributed by atoms with Crippen molar-refractivity contribution in [3.05, 3.63) is 81.5 Å². The summed E-state index contributed by atoms with van der Waals surface area (Å²) in [5.41, 5.74) is -2.03. The first-order valence-electron chi connectivity index (χ1n) is 14.8. The highest BCUT2D eigenvalue weighted by Gasteiger charge is 2.36. The molecule has 0 aliphatic rings. The van der Waals surface area contributed by atoms with Crippen molar-refractivity contribution in [1.82, 2.24) is 19.8 Å². The highest BCUT2D eigenvalue weighted by Crippen LogP contribution is 2.29. The van der Waals surface area contributed by atoms with Gasteiger partial charge in [-0.05, 0) is 52.3 Å². The smallest absolute Gasteiger partial charge is 0.493 e. The van der Waals surface area contributed by atoms with E-state index in [1.165, 1.54) is 26.0 Å². The Morgan fingerprint density at radius 3 is 2.24 bits per heavy atom. The van der Waals surface area contributed by atoms with E-state index in [1.807, 2.05) is 18.2 Å². The zero-order valence-electron chi connectivity index (χ0n) is 27.8. The molecule has 17 nitrogen and oxygen atoms in total. The molecule has 0 aliphatic heterocycles. The first-order valence-corrected chi connectivity index (χ1v) is 16.7. The number of ether oxygens (including phenoxy) is 4. The number of benzene rings is 2. The van der Waals surface area contributed by atoms with Crippen LogP contribution < -0.4 is 15.4 Å². The van der Waals surface area contributed by atoms with Gasteiger partial charge in [-0.25, -0.2) is 18.0 Å². The maximum Gasteiger partial charge on any atom is 0.513 e. The van der Waals surface area contributed by atoms with E-state index in [1.54, 1.807) is 32.9 Å². The van der Waals surface area contributed by atoms with Crippen LogP contribution in [0.5, 0.6) is 11.6 Å². The fourth-order valence-electron chi connectivity index (χ4n) is 4.20. The molecule has 0 saturated carbocycles. The molecule has 1 aromatic heterocycles. The van der Waals surface area contributed by atoms with Crippen molar-refractivity contribution in [1.29, 1.82) is 0 Å². The molecule has 2 aromatic carbocycles. The monoisotopic (exact) mass is 705 g/mol. The summed E-state index contributed by atoms with van der Waals surface area (Å²) >= 11 is 0. The molecule has 3 rings (SSSR count). The molecule has 0 bridgehead atoms. The van der Waals surface area contributed by atoms with Gasteiger partial charge in [-0.3, -0.25) is 14.9 Å². The van der Waals surface area contributed by atoms with Crippen molar-refractivity contribution in [3.63, 3.8) is 0 Å². The third-order valence-corrected chi connectivity index (χ3v) is 7.39. The summed E-state index contributed by atoms with van der Waals surface area (Å²) in [6.07, 6.45) is -1.53. The second-order valence-electron chi connectivity index (χ2n) is 12.3. The molecule has 1 atom stereocenters. The number of nitrogens with one attached hydrogen (secondary N) is 2. The van der Waals surface area contributed by atoms with E-state index in [9.17, 15) is 38.0 Å². The number of amides is 2. The number of hydrogen-bond donors (Lipinski definition) is 3. The van der Waals surface area contributed by atoms with Crippen LogP contribution >= 0.6 is 0 Å². The number of alkyl carbamates (subject to hydrolysis) is 1. The molecule has 266 valence electrons. The molecule has 2 amide bonds. The van der Waals surface area contributed by atoms with Gasteiger partial charge in [0.05, 0.1) is 42.7 Å². The quantitative estimate of drug-likeness (QED) is 0.0941. The second kappa shape index (κ2) is 15.8. The summed E-state index contributed by atoms with van der Waals surface area (Å²) in [6, 6.07) is 12.5. The van der Waals surface area contributed by atoms with E-state index in [0.29, 0.717) is 4.09 Å². The average molecular weight is 706 g/mol. The van der Waals surface area contributed by atoms with E-state index < -0.39 is 62.8 Å². The Hall–Kier alpha value is -5.23. The Balaban J connectivity index is 1.87. The van der Waals surface area contributed by atoms with Gasteiger partial charge < -0.3 is 34.7 Å². The van der Waals surface area contributed by atoms with Gasteiger partial charge in [0.1, 0.15) is 16.9 Å². The molecule has 18 heteroatoms. The Bertz CT molecular complexity index is 1750.